The smallest absolute Gasteiger partial charge is 0.0455 e. The Balaban J connectivity index is 2.77. The summed E-state index contributed by atoms with van der Waals surface area (Å²) in [6, 6.07) is 6.53. The van der Waals surface area contributed by atoms with Crippen molar-refractivity contribution in [2.75, 3.05) is 13.7 Å². The van der Waals surface area contributed by atoms with Gasteiger partial charge in [0.2, 0.25) is 0 Å². The van der Waals surface area contributed by atoms with Crippen LogP contribution in [0.25, 0.3) is 0 Å². The highest BCUT2D eigenvalue weighted by molar-refractivity contribution is 5.30. The van der Waals surface area contributed by atoms with Crippen LogP contribution in [0.4, 0.5) is 0 Å². The molecule has 0 bridgehead atoms. The van der Waals surface area contributed by atoms with E-state index in [4.69, 9.17) is 5.73 Å². The summed E-state index contributed by atoms with van der Waals surface area (Å²) >= 11 is 0. The average molecular weight is 178 g/mol. The van der Waals surface area contributed by atoms with E-state index in [9.17, 15) is 0 Å². The van der Waals surface area contributed by atoms with Crippen LogP contribution in [0.2, 0.25) is 0 Å². The first-order valence-corrected chi connectivity index (χ1v) is 4.58. The number of nitrogens with two attached hydrogens (primary N) is 1. The normalized spacial score (nSPS) is 10.8. The lowest BCUT2D eigenvalue weighted by atomic mass is 10.1. The maximum Gasteiger partial charge on any atom is 0.0455 e. The minimum Gasteiger partial charge on any atom is -0.318 e. The van der Waals surface area contributed by atoms with Crippen LogP contribution in [0.3, 0.4) is 0 Å². The van der Waals surface area contributed by atoms with Gasteiger partial charge in [-0.25, -0.2) is 0 Å². The standard InChI is InChI=1S/C11H18N2/c1-9-4-5-11(10(2)6-9)7-13(3)8-12/h4-6H,7-8,12H2,1-3H3. The molecule has 0 radical (unpaired) electrons. The molecule has 1 aromatic rings. The van der Waals surface area contributed by atoms with Gasteiger partial charge in [-0.2, -0.15) is 0 Å². The Morgan fingerprint density at radius 2 is 2.00 bits per heavy atom. The van der Waals surface area contributed by atoms with Crippen molar-refractivity contribution in [2.24, 2.45) is 5.73 Å². The van der Waals surface area contributed by atoms with Crippen molar-refractivity contribution >= 4 is 0 Å². The van der Waals surface area contributed by atoms with Crippen molar-refractivity contribution in [3.05, 3.63) is 34.9 Å². The van der Waals surface area contributed by atoms with Gasteiger partial charge in [-0.05, 0) is 32.0 Å². The highest BCUT2D eigenvalue weighted by atomic mass is 15.1. The van der Waals surface area contributed by atoms with E-state index < -0.39 is 0 Å². The molecule has 0 fully saturated rings. The lowest BCUT2D eigenvalue weighted by molar-refractivity contribution is 0.336. The molecule has 1 aromatic carbocycles. The van der Waals surface area contributed by atoms with Gasteiger partial charge in [-0.3, -0.25) is 4.90 Å². The monoisotopic (exact) mass is 178 g/mol. The molecule has 0 aliphatic heterocycles. The topological polar surface area (TPSA) is 29.3 Å². The number of hydrogen-bond acceptors (Lipinski definition) is 2. The molecule has 72 valence electrons. The molecule has 1 rings (SSSR count). The second-order valence-electron chi connectivity index (χ2n) is 3.63. The van der Waals surface area contributed by atoms with Crippen LogP contribution in [0, 0.1) is 13.8 Å². The molecule has 0 atom stereocenters. The summed E-state index contributed by atoms with van der Waals surface area (Å²) in [5.41, 5.74) is 9.55. The molecule has 0 aliphatic rings. The Morgan fingerprint density at radius 3 is 2.54 bits per heavy atom. The van der Waals surface area contributed by atoms with E-state index in [1.54, 1.807) is 0 Å². The van der Waals surface area contributed by atoms with Gasteiger partial charge in [0.1, 0.15) is 0 Å². The summed E-state index contributed by atoms with van der Waals surface area (Å²) in [7, 11) is 2.03. The van der Waals surface area contributed by atoms with Gasteiger partial charge in [0.05, 0.1) is 0 Å². The Bertz CT molecular complexity index is 281. The van der Waals surface area contributed by atoms with Crippen LogP contribution in [-0.4, -0.2) is 18.6 Å². The largest absolute Gasteiger partial charge is 0.318 e. The quantitative estimate of drug-likeness (QED) is 0.713. The van der Waals surface area contributed by atoms with Crippen LogP contribution >= 0.6 is 0 Å². The van der Waals surface area contributed by atoms with Gasteiger partial charge in [-0.1, -0.05) is 23.8 Å². The molecule has 0 unspecified atom stereocenters. The van der Waals surface area contributed by atoms with E-state index >= 15 is 0 Å². The van der Waals surface area contributed by atoms with Gasteiger partial charge in [0, 0.05) is 13.2 Å². The highest BCUT2D eigenvalue weighted by Gasteiger charge is 2.00. The highest BCUT2D eigenvalue weighted by Crippen LogP contribution is 2.11. The van der Waals surface area contributed by atoms with Crippen molar-refractivity contribution in [3.63, 3.8) is 0 Å². The number of nitrogens with zero attached hydrogens (tertiary/aromatic N) is 1. The van der Waals surface area contributed by atoms with Gasteiger partial charge < -0.3 is 5.73 Å². The number of hydrogen-bond donors (Lipinski definition) is 1. The molecular formula is C11H18N2. The lowest BCUT2D eigenvalue weighted by Gasteiger charge is -2.15. The number of aryl methyl sites for hydroxylation is 2. The molecule has 0 heterocycles. The van der Waals surface area contributed by atoms with Gasteiger partial charge in [0.25, 0.3) is 0 Å². The summed E-state index contributed by atoms with van der Waals surface area (Å²) in [6.45, 7) is 5.80. The van der Waals surface area contributed by atoms with Gasteiger partial charge in [0.15, 0.2) is 0 Å². The Kier molecular flexibility index (Phi) is 3.46. The molecule has 0 saturated heterocycles. The maximum atomic E-state index is 5.53. The van der Waals surface area contributed by atoms with E-state index in [0.29, 0.717) is 6.67 Å². The third-order valence-electron chi connectivity index (χ3n) is 2.25. The van der Waals surface area contributed by atoms with Gasteiger partial charge >= 0.3 is 0 Å². The fourth-order valence-electron chi connectivity index (χ4n) is 1.38. The summed E-state index contributed by atoms with van der Waals surface area (Å²) in [4.78, 5) is 2.09. The third-order valence-corrected chi connectivity index (χ3v) is 2.25. The number of benzene rings is 1. The van der Waals surface area contributed by atoms with E-state index in [0.717, 1.165) is 6.54 Å². The molecule has 0 aromatic heterocycles. The first kappa shape index (κ1) is 10.2. The zero-order valence-electron chi connectivity index (χ0n) is 8.67. The minimum absolute atomic E-state index is 0.604. The van der Waals surface area contributed by atoms with Gasteiger partial charge in [-0.15, -0.1) is 0 Å². The van der Waals surface area contributed by atoms with E-state index in [1.165, 1.54) is 16.7 Å². The summed E-state index contributed by atoms with van der Waals surface area (Å²) in [5, 5.41) is 0. The minimum atomic E-state index is 0.604. The van der Waals surface area contributed by atoms with Crippen LogP contribution in [0.5, 0.6) is 0 Å². The summed E-state index contributed by atoms with van der Waals surface area (Å²) < 4.78 is 0. The van der Waals surface area contributed by atoms with E-state index in [1.807, 2.05) is 7.05 Å². The predicted octanol–water partition coefficient (Wildman–Crippen LogP) is 1.65. The molecule has 0 spiro atoms. The molecule has 0 amide bonds. The van der Waals surface area contributed by atoms with Crippen molar-refractivity contribution in [1.29, 1.82) is 0 Å². The first-order valence-electron chi connectivity index (χ1n) is 4.58. The van der Waals surface area contributed by atoms with E-state index in [-0.39, 0.29) is 0 Å². The number of rotatable bonds is 3. The predicted molar refractivity (Wildman–Crippen MR) is 56.4 cm³/mol. The third kappa shape index (κ3) is 2.83. The van der Waals surface area contributed by atoms with Crippen LogP contribution < -0.4 is 5.73 Å². The van der Waals surface area contributed by atoms with Crippen molar-refractivity contribution in [2.45, 2.75) is 20.4 Å². The zero-order chi connectivity index (χ0) is 9.84. The second kappa shape index (κ2) is 4.40. The van der Waals surface area contributed by atoms with Crippen molar-refractivity contribution in [3.8, 4) is 0 Å². The van der Waals surface area contributed by atoms with Crippen LogP contribution in [0.1, 0.15) is 16.7 Å². The molecule has 0 aliphatic carbocycles. The molecule has 0 saturated carbocycles. The molecular weight excluding hydrogens is 160 g/mol. The Morgan fingerprint density at radius 1 is 1.31 bits per heavy atom. The maximum absolute atomic E-state index is 5.53. The SMILES string of the molecule is Cc1ccc(CN(C)CN)c(C)c1. The molecule has 13 heavy (non-hydrogen) atoms. The van der Waals surface area contributed by atoms with E-state index in [2.05, 4.69) is 36.9 Å². The van der Waals surface area contributed by atoms with Crippen molar-refractivity contribution in [1.82, 2.24) is 4.90 Å². The van der Waals surface area contributed by atoms with Crippen LogP contribution in [-0.2, 0) is 6.54 Å². The lowest BCUT2D eigenvalue weighted by Crippen LogP contribution is -2.25. The zero-order valence-corrected chi connectivity index (χ0v) is 8.67. The fraction of sp³-hybridized carbons (Fsp3) is 0.455. The molecule has 2 heteroatoms. The van der Waals surface area contributed by atoms with Crippen LogP contribution in [0.15, 0.2) is 18.2 Å². The van der Waals surface area contributed by atoms with Crippen molar-refractivity contribution < 1.29 is 0 Å². The summed E-state index contributed by atoms with van der Waals surface area (Å²) in [6.07, 6.45) is 0. The fourth-order valence-corrected chi connectivity index (χ4v) is 1.38. The Hall–Kier alpha value is -0.860. The first-order chi connectivity index (χ1) is 6.13. The average Bonchev–Trinajstić information content (AvgIpc) is 2.09. The summed E-state index contributed by atoms with van der Waals surface area (Å²) in [5.74, 6) is 0. The second-order valence-corrected chi connectivity index (χ2v) is 3.63. The molecule has 2 N–H and O–H groups in total. The molecule has 2 nitrogen and oxygen atoms in total. The Labute approximate surface area is 80.4 Å².